The lowest BCUT2D eigenvalue weighted by Crippen LogP contribution is -2.46. The highest BCUT2D eigenvalue weighted by Crippen LogP contribution is 2.06. The van der Waals surface area contributed by atoms with Crippen LogP contribution in [0, 0.1) is 0 Å². The molecule has 0 bridgehead atoms. The predicted octanol–water partition coefficient (Wildman–Crippen LogP) is 0.614. The van der Waals surface area contributed by atoms with Crippen molar-refractivity contribution in [1.29, 1.82) is 0 Å². The van der Waals surface area contributed by atoms with Gasteiger partial charge in [0, 0.05) is 25.7 Å². The van der Waals surface area contributed by atoms with Crippen molar-refractivity contribution in [3.8, 4) is 0 Å². The highest BCUT2D eigenvalue weighted by atomic mass is 16.6. The van der Waals surface area contributed by atoms with Gasteiger partial charge in [-0.2, -0.15) is 0 Å². The summed E-state index contributed by atoms with van der Waals surface area (Å²) in [6, 6.07) is 0.0329. The predicted molar refractivity (Wildman–Crippen MR) is 65.3 cm³/mol. The summed E-state index contributed by atoms with van der Waals surface area (Å²) in [4.78, 5) is 11.3. The van der Waals surface area contributed by atoms with Crippen LogP contribution >= 0.6 is 0 Å². The van der Waals surface area contributed by atoms with Crippen LogP contribution in [0.2, 0.25) is 0 Å². The number of rotatable bonds is 6. The van der Waals surface area contributed by atoms with Crippen molar-refractivity contribution in [3.63, 3.8) is 0 Å². The first-order valence-electron chi connectivity index (χ1n) is 5.40. The van der Waals surface area contributed by atoms with E-state index in [0.29, 0.717) is 19.6 Å². The van der Waals surface area contributed by atoms with Crippen LogP contribution in [0.3, 0.4) is 0 Å². The summed E-state index contributed by atoms with van der Waals surface area (Å²) >= 11 is 0. The summed E-state index contributed by atoms with van der Waals surface area (Å²) in [5.74, 6) is 0. The summed E-state index contributed by atoms with van der Waals surface area (Å²) in [5.41, 5.74) is 5.06. The van der Waals surface area contributed by atoms with E-state index in [9.17, 15) is 4.79 Å². The third-order valence-electron chi connectivity index (χ3n) is 1.73. The largest absolute Gasteiger partial charge is 0.444 e. The monoisotopic (exact) mass is 229 g/mol. The minimum Gasteiger partial charge on any atom is -0.444 e. The highest BCUT2D eigenvalue weighted by Gasteiger charge is 2.16. The van der Waals surface area contributed by atoms with E-state index in [1.807, 2.05) is 20.8 Å². The van der Waals surface area contributed by atoms with Crippen LogP contribution in [-0.4, -0.2) is 37.4 Å². The number of alkyl carbamates (subject to hydrolysis) is 1. The quantitative estimate of drug-likeness (QED) is 0.583. The normalized spacial score (nSPS) is 13.0. The molecule has 1 unspecified atom stereocenters. The molecule has 0 fully saturated rings. The maximum absolute atomic E-state index is 11.3. The van der Waals surface area contributed by atoms with E-state index in [4.69, 9.17) is 10.5 Å². The summed E-state index contributed by atoms with van der Waals surface area (Å²) in [5, 5.41) is 5.79. The fourth-order valence-corrected chi connectivity index (χ4v) is 1.01. The van der Waals surface area contributed by atoms with E-state index in [2.05, 4.69) is 17.2 Å². The van der Waals surface area contributed by atoms with Gasteiger partial charge in [-0.1, -0.05) is 6.08 Å². The Labute approximate surface area is 97.4 Å². The first kappa shape index (κ1) is 14.9. The molecule has 5 heteroatoms. The number of carbonyl (C=O) groups excluding carboxylic acids is 1. The summed E-state index contributed by atoms with van der Waals surface area (Å²) in [6.45, 7) is 10.6. The van der Waals surface area contributed by atoms with Crippen molar-refractivity contribution < 1.29 is 9.53 Å². The van der Waals surface area contributed by atoms with Crippen molar-refractivity contribution in [2.45, 2.75) is 32.4 Å². The third-order valence-corrected chi connectivity index (χ3v) is 1.73. The highest BCUT2D eigenvalue weighted by molar-refractivity contribution is 5.67. The number of nitrogens with two attached hydrogens (primary N) is 1. The molecule has 0 saturated carbocycles. The molecular weight excluding hydrogens is 206 g/mol. The van der Waals surface area contributed by atoms with Gasteiger partial charge in [0.15, 0.2) is 0 Å². The second-order valence-corrected chi connectivity index (χ2v) is 4.51. The lowest BCUT2D eigenvalue weighted by molar-refractivity contribution is 0.0523. The molecule has 1 amide bonds. The molecule has 0 aromatic carbocycles. The van der Waals surface area contributed by atoms with E-state index in [0.717, 1.165) is 0 Å². The Morgan fingerprint density at radius 1 is 1.56 bits per heavy atom. The Morgan fingerprint density at radius 3 is 2.62 bits per heavy atom. The van der Waals surface area contributed by atoms with E-state index in [-0.39, 0.29) is 6.04 Å². The average molecular weight is 229 g/mol. The summed E-state index contributed by atoms with van der Waals surface area (Å²) < 4.78 is 5.10. The Morgan fingerprint density at radius 2 is 2.19 bits per heavy atom. The topological polar surface area (TPSA) is 76.4 Å². The molecule has 0 aromatic heterocycles. The van der Waals surface area contributed by atoms with Gasteiger partial charge in [0.25, 0.3) is 0 Å². The molecule has 1 atom stereocenters. The molecule has 0 aliphatic carbocycles. The third kappa shape index (κ3) is 8.26. The molecule has 16 heavy (non-hydrogen) atoms. The van der Waals surface area contributed by atoms with Crippen LogP contribution in [0.1, 0.15) is 20.8 Å². The molecular formula is C11H23N3O2. The van der Waals surface area contributed by atoms with Gasteiger partial charge in [-0.3, -0.25) is 0 Å². The van der Waals surface area contributed by atoms with Gasteiger partial charge in [0.1, 0.15) is 5.60 Å². The molecule has 0 aliphatic rings. The first-order valence-corrected chi connectivity index (χ1v) is 5.40. The standard InChI is InChI=1S/C11H23N3O2/c1-5-6-13-9(7-12)8-14-10(15)16-11(2,3)4/h5,9,13H,1,6-8,12H2,2-4H3,(H,14,15). The van der Waals surface area contributed by atoms with Gasteiger partial charge in [-0.05, 0) is 20.8 Å². The van der Waals surface area contributed by atoms with Crippen molar-refractivity contribution >= 4 is 6.09 Å². The van der Waals surface area contributed by atoms with Crippen molar-refractivity contribution in [3.05, 3.63) is 12.7 Å². The van der Waals surface area contributed by atoms with Crippen LogP contribution in [0.5, 0.6) is 0 Å². The van der Waals surface area contributed by atoms with Crippen molar-refractivity contribution in [1.82, 2.24) is 10.6 Å². The Bertz CT molecular complexity index is 224. The number of ether oxygens (including phenoxy) is 1. The number of carbonyl (C=O) groups is 1. The number of hydrogen-bond acceptors (Lipinski definition) is 4. The minimum absolute atomic E-state index is 0.0329. The summed E-state index contributed by atoms with van der Waals surface area (Å²) in [6.07, 6.45) is 1.32. The van der Waals surface area contributed by atoms with Crippen LogP contribution in [0.25, 0.3) is 0 Å². The maximum Gasteiger partial charge on any atom is 0.407 e. The van der Waals surface area contributed by atoms with Gasteiger partial charge < -0.3 is 21.1 Å². The minimum atomic E-state index is -0.475. The second kappa shape index (κ2) is 7.24. The lowest BCUT2D eigenvalue weighted by atomic mass is 10.2. The summed E-state index contributed by atoms with van der Waals surface area (Å²) in [7, 11) is 0. The van der Waals surface area contributed by atoms with Gasteiger partial charge in [0.05, 0.1) is 0 Å². The van der Waals surface area contributed by atoms with E-state index in [1.54, 1.807) is 6.08 Å². The average Bonchev–Trinajstić information content (AvgIpc) is 2.15. The molecule has 0 heterocycles. The Kier molecular flexibility index (Phi) is 6.76. The molecule has 0 saturated heterocycles. The smallest absolute Gasteiger partial charge is 0.407 e. The van der Waals surface area contributed by atoms with Crippen molar-refractivity contribution in [2.24, 2.45) is 5.73 Å². The zero-order chi connectivity index (χ0) is 12.6. The van der Waals surface area contributed by atoms with Crippen molar-refractivity contribution in [2.75, 3.05) is 19.6 Å². The molecule has 0 aromatic rings. The van der Waals surface area contributed by atoms with Gasteiger partial charge in [0.2, 0.25) is 0 Å². The van der Waals surface area contributed by atoms with Gasteiger partial charge in [-0.15, -0.1) is 6.58 Å². The fourth-order valence-electron chi connectivity index (χ4n) is 1.01. The van der Waals surface area contributed by atoms with Crippen LogP contribution in [-0.2, 0) is 4.74 Å². The zero-order valence-corrected chi connectivity index (χ0v) is 10.4. The maximum atomic E-state index is 11.3. The molecule has 94 valence electrons. The first-order chi connectivity index (χ1) is 7.39. The van der Waals surface area contributed by atoms with Gasteiger partial charge in [-0.25, -0.2) is 4.79 Å². The fraction of sp³-hybridized carbons (Fsp3) is 0.727. The van der Waals surface area contributed by atoms with Crippen LogP contribution in [0.4, 0.5) is 4.79 Å². The SMILES string of the molecule is C=CCNC(CN)CNC(=O)OC(C)(C)C. The number of hydrogen-bond donors (Lipinski definition) is 3. The molecule has 4 N–H and O–H groups in total. The van der Waals surface area contributed by atoms with E-state index in [1.165, 1.54) is 0 Å². The Hall–Kier alpha value is -1.07. The Balaban J connectivity index is 3.83. The molecule has 0 aliphatic heterocycles. The van der Waals surface area contributed by atoms with E-state index >= 15 is 0 Å². The lowest BCUT2D eigenvalue weighted by Gasteiger charge is -2.21. The van der Waals surface area contributed by atoms with Crippen LogP contribution in [0.15, 0.2) is 12.7 Å². The number of nitrogens with one attached hydrogen (secondary N) is 2. The second-order valence-electron chi connectivity index (χ2n) is 4.51. The van der Waals surface area contributed by atoms with Crippen LogP contribution < -0.4 is 16.4 Å². The number of amides is 1. The molecule has 0 rings (SSSR count). The molecule has 0 radical (unpaired) electrons. The van der Waals surface area contributed by atoms with E-state index < -0.39 is 11.7 Å². The molecule has 0 spiro atoms. The van der Waals surface area contributed by atoms with Gasteiger partial charge >= 0.3 is 6.09 Å². The molecule has 5 nitrogen and oxygen atoms in total. The zero-order valence-electron chi connectivity index (χ0n) is 10.4.